The number of carbonyl (C=O) groups is 2. The number of likely N-dealkylation sites (N-methyl/N-ethyl adjacent to an activating group) is 1. The minimum atomic E-state index is -4.76. The van der Waals surface area contributed by atoms with Gasteiger partial charge in [0, 0.05) is 24.0 Å². The van der Waals surface area contributed by atoms with Crippen LogP contribution < -0.4 is 10.6 Å². The van der Waals surface area contributed by atoms with E-state index in [9.17, 15) is 32.4 Å². The van der Waals surface area contributed by atoms with Gasteiger partial charge in [-0.05, 0) is 55.3 Å². The van der Waals surface area contributed by atoms with E-state index in [1.165, 1.54) is 30.1 Å². The molecule has 34 heavy (non-hydrogen) atoms. The van der Waals surface area contributed by atoms with E-state index in [1.54, 1.807) is 0 Å². The third kappa shape index (κ3) is 5.65. The van der Waals surface area contributed by atoms with Crippen LogP contribution in [-0.2, 0) is 11.0 Å². The molecule has 0 heterocycles. The Morgan fingerprint density at radius 1 is 1.09 bits per heavy atom. The Morgan fingerprint density at radius 2 is 1.74 bits per heavy atom. The smallest absolute Gasteiger partial charge is 0.376 e. The fraction of sp³-hybridized carbons (Fsp3) is 0.375. The molecule has 0 saturated heterocycles. The van der Waals surface area contributed by atoms with Crippen molar-refractivity contribution in [2.24, 2.45) is 0 Å². The number of anilines is 2. The van der Waals surface area contributed by atoms with Gasteiger partial charge in [0.15, 0.2) is 0 Å². The Labute approximate surface area is 194 Å². The summed E-state index contributed by atoms with van der Waals surface area (Å²) in [6, 6.07) is 9.93. The monoisotopic (exact) mass is 476 g/mol. The van der Waals surface area contributed by atoms with Crippen LogP contribution in [-0.4, -0.2) is 35.8 Å². The van der Waals surface area contributed by atoms with E-state index in [1.807, 2.05) is 0 Å². The third-order valence-corrected chi connectivity index (χ3v) is 6.02. The predicted molar refractivity (Wildman–Crippen MR) is 118 cm³/mol. The summed E-state index contributed by atoms with van der Waals surface area (Å²) < 4.78 is 54.1. The number of nitriles is 1. The summed E-state index contributed by atoms with van der Waals surface area (Å²) in [6.07, 6.45) is -1.11. The second-order valence-electron chi connectivity index (χ2n) is 8.23. The zero-order valence-corrected chi connectivity index (χ0v) is 18.5. The lowest BCUT2D eigenvalue weighted by Gasteiger charge is -2.39. The van der Waals surface area contributed by atoms with E-state index in [0.29, 0.717) is 12.8 Å². The maximum absolute atomic E-state index is 13.7. The molecule has 0 bridgehead atoms. The molecule has 1 aliphatic rings. The number of carbonyl (C=O) groups excluding carboxylic acids is 2. The van der Waals surface area contributed by atoms with E-state index in [-0.39, 0.29) is 16.9 Å². The van der Waals surface area contributed by atoms with Crippen LogP contribution in [0, 0.1) is 17.1 Å². The summed E-state index contributed by atoms with van der Waals surface area (Å²) in [5, 5.41) is 14.5. The van der Waals surface area contributed by atoms with E-state index in [4.69, 9.17) is 0 Å². The minimum absolute atomic E-state index is 0.0833. The highest BCUT2D eigenvalue weighted by molar-refractivity contribution is 6.04. The van der Waals surface area contributed by atoms with Crippen molar-refractivity contribution in [3.05, 3.63) is 59.4 Å². The van der Waals surface area contributed by atoms with Crippen molar-refractivity contribution >= 4 is 23.2 Å². The molecule has 2 amide bonds. The molecule has 10 heteroatoms. The minimum Gasteiger partial charge on any atom is -0.376 e. The molecular weight excluding hydrogens is 452 g/mol. The molecule has 0 aliphatic heterocycles. The highest BCUT2D eigenvalue weighted by Gasteiger charge is 2.39. The van der Waals surface area contributed by atoms with Crippen molar-refractivity contribution in [1.29, 1.82) is 5.26 Å². The first-order valence-corrected chi connectivity index (χ1v) is 10.8. The fourth-order valence-corrected chi connectivity index (χ4v) is 4.00. The van der Waals surface area contributed by atoms with Crippen molar-refractivity contribution < 1.29 is 27.2 Å². The summed E-state index contributed by atoms with van der Waals surface area (Å²) in [6.45, 7) is -0.426. The lowest BCUT2D eigenvalue weighted by molar-refractivity contribution is -0.137. The highest BCUT2D eigenvalue weighted by atomic mass is 19.4. The molecule has 3 rings (SSSR count). The molecular formula is C24H24F4N4O2. The van der Waals surface area contributed by atoms with Crippen LogP contribution in [0.2, 0.25) is 0 Å². The van der Waals surface area contributed by atoms with Crippen LogP contribution in [0.25, 0.3) is 0 Å². The normalized spacial score (nSPS) is 15.2. The van der Waals surface area contributed by atoms with Crippen LogP contribution in [0.4, 0.5) is 28.9 Å². The number of amides is 2. The van der Waals surface area contributed by atoms with Crippen molar-refractivity contribution in [3.8, 4) is 6.07 Å². The van der Waals surface area contributed by atoms with Gasteiger partial charge in [0.2, 0.25) is 5.91 Å². The number of hydrogen-bond donors (Lipinski definition) is 2. The van der Waals surface area contributed by atoms with Gasteiger partial charge in [0.1, 0.15) is 11.4 Å². The summed E-state index contributed by atoms with van der Waals surface area (Å²) in [5.41, 5.74) is -2.37. The Balaban J connectivity index is 1.74. The van der Waals surface area contributed by atoms with E-state index < -0.39 is 41.5 Å². The number of nitrogens with one attached hydrogen (secondary N) is 2. The van der Waals surface area contributed by atoms with Gasteiger partial charge in [-0.1, -0.05) is 19.3 Å². The van der Waals surface area contributed by atoms with E-state index in [0.717, 1.165) is 43.5 Å². The number of halogens is 4. The van der Waals surface area contributed by atoms with E-state index >= 15 is 0 Å². The van der Waals surface area contributed by atoms with Crippen LogP contribution in [0.15, 0.2) is 42.5 Å². The van der Waals surface area contributed by atoms with Gasteiger partial charge in [-0.2, -0.15) is 18.4 Å². The molecule has 0 radical (unpaired) electrons. The second kappa shape index (κ2) is 10.1. The molecule has 1 fully saturated rings. The Hall–Kier alpha value is -3.61. The maximum atomic E-state index is 13.7. The molecule has 1 aliphatic carbocycles. The van der Waals surface area contributed by atoms with Gasteiger partial charge >= 0.3 is 6.18 Å². The van der Waals surface area contributed by atoms with Crippen molar-refractivity contribution in [2.45, 2.75) is 43.8 Å². The van der Waals surface area contributed by atoms with Crippen LogP contribution in [0.1, 0.15) is 48.0 Å². The standard InChI is InChI=1S/C24H24F4N4O2/c1-32(23(15-29)11-3-2-4-12-23)21(33)14-30-20-10-9-18(13-19(20)24(26,27)28)31-22(34)16-5-7-17(25)8-6-16/h5-10,13,30H,2-4,11-12,14H2,1H3,(H,31,34). The van der Waals surface area contributed by atoms with Gasteiger partial charge in [-0.25, -0.2) is 4.39 Å². The molecule has 1 saturated carbocycles. The van der Waals surface area contributed by atoms with Crippen molar-refractivity contribution in [2.75, 3.05) is 24.2 Å². The van der Waals surface area contributed by atoms with Crippen molar-refractivity contribution in [3.63, 3.8) is 0 Å². The van der Waals surface area contributed by atoms with Crippen LogP contribution in [0.3, 0.4) is 0 Å². The number of nitrogens with zero attached hydrogens (tertiary/aromatic N) is 2. The molecule has 2 N–H and O–H groups in total. The average molecular weight is 476 g/mol. The van der Waals surface area contributed by atoms with Gasteiger partial charge in [0.25, 0.3) is 5.91 Å². The van der Waals surface area contributed by atoms with E-state index in [2.05, 4.69) is 16.7 Å². The first kappa shape index (κ1) is 25.0. The third-order valence-electron chi connectivity index (χ3n) is 6.02. The molecule has 2 aromatic carbocycles. The number of hydrogen-bond acceptors (Lipinski definition) is 4. The van der Waals surface area contributed by atoms with Gasteiger partial charge in [0.05, 0.1) is 18.2 Å². The molecule has 0 unspecified atom stereocenters. The molecule has 180 valence electrons. The van der Waals surface area contributed by atoms with Crippen LogP contribution >= 0.6 is 0 Å². The topological polar surface area (TPSA) is 85.2 Å². The van der Waals surface area contributed by atoms with Gasteiger partial charge < -0.3 is 15.5 Å². The second-order valence-corrected chi connectivity index (χ2v) is 8.23. The first-order chi connectivity index (χ1) is 16.1. The summed E-state index contributed by atoms with van der Waals surface area (Å²) in [7, 11) is 1.50. The average Bonchev–Trinajstić information content (AvgIpc) is 2.82. The summed E-state index contributed by atoms with van der Waals surface area (Å²) in [5.74, 6) is -1.74. The van der Waals surface area contributed by atoms with Crippen molar-refractivity contribution in [1.82, 2.24) is 4.90 Å². The number of benzene rings is 2. The molecule has 6 nitrogen and oxygen atoms in total. The van der Waals surface area contributed by atoms with Crippen LogP contribution in [0.5, 0.6) is 0 Å². The molecule has 0 spiro atoms. The van der Waals surface area contributed by atoms with Gasteiger partial charge in [-0.15, -0.1) is 0 Å². The number of rotatable bonds is 6. The largest absolute Gasteiger partial charge is 0.418 e. The highest BCUT2D eigenvalue weighted by Crippen LogP contribution is 2.37. The first-order valence-electron chi connectivity index (χ1n) is 10.8. The molecule has 0 atom stereocenters. The Bertz CT molecular complexity index is 1090. The molecule has 2 aromatic rings. The fourth-order valence-electron chi connectivity index (χ4n) is 4.00. The maximum Gasteiger partial charge on any atom is 0.418 e. The predicted octanol–water partition coefficient (Wildman–Crippen LogP) is 5.19. The zero-order valence-electron chi connectivity index (χ0n) is 18.5. The Morgan fingerprint density at radius 3 is 2.32 bits per heavy atom. The number of alkyl halides is 3. The Kier molecular flexibility index (Phi) is 7.44. The SMILES string of the molecule is CN(C(=O)CNc1ccc(NC(=O)c2ccc(F)cc2)cc1C(F)(F)F)C1(C#N)CCCCC1. The summed E-state index contributed by atoms with van der Waals surface area (Å²) >= 11 is 0. The summed E-state index contributed by atoms with van der Waals surface area (Å²) in [4.78, 5) is 26.3. The lowest BCUT2D eigenvalue weighted by atomic mass is 9.81. The lowest BCUT2D eigenvalue weighted by Crippen LogP contribution is -2.51. The molecule has 0 aromatic heterocycles. The van der Waals surface area contributed by atoms with Gasteiger partial charge in [-0.3, -0.25) is 9.59 Å². The zero-order chi connectivity index (χ0) is 24.9. The quantitative estimate of drug-likeness (QED) is 0.562.